The summed E-state index contributed by atoms with van der Waals surface area (Å²) in [4.78, 5) is 38.2. The second kappa shape index (κ2) is 46.3. The third-order valence-electron chi connectivity index (χ3n) is 12.1. The summed E-state index contributed by atoms with van der Waals surface area (Å²) >= 11 is 1.31. The average Bonchev–Trinajstić information content (AvgIpc) is 3.32. The van der Waals surface area contributed by atoms with E-state index in [4.69, 9.17) is 23.7 Å². The Bertz CT molecular complexity index is 1220. The zero-order valence-electron chi connectivity index (χ0n) is 42.1. The summed E-state index contributed by atoms with van der Waals surface area (Å²) in [7, 11) is 0. The molecule has 0 saturated carbocycles. The van der Waals surface area contributed by atoms with E-state index >= 15 is 0 Å². The molecule has 0 radical (unpaired) electrons. The second-order valence-electron chi connectivity index (χ2n) is 18.2. The van der Waals surface area contributed by atoms with Crippen molar-refractivity contribution in [2.75, 3.05) is 58.5 Å². The fourth-order valence-corrected chi connectivity index (χ4v) is 8.77. The number of thioether (sulfide) groups is 1. The van der Waals surface area contributed by atoms with Crippen molar-refractivity contribution < 1.29 is 58.5 Å². The number of ether oxygens (including phenoxy) is 5. The maximum atomic E-state index is 13.2. The molecule has 0 aliphatic carbocycles. The minimum absolute atomic E-state index is 0.0649. The van der Waals surface area contributed by atoms with Crippen LogP contribution in [0.3, 0.4) is 0 Å². The van der Waals surface area contributed by atoms with Crippen molar-refractivity contribution in [1.82, 2.24) is 5.32 Å². The molecule has 1 saturated heterocycles. The molecule has 1 aliphatic rings. The number of esters is 2. The van der Waals surface area contributed by atoms with Crippen LogP contribution in [-0.2, 0) is 38.1 Å². The first-order valence-corrected chi connectivity index (χ1v) is 27.8. The third-order valence-corrected chi connectivity index (χ3v) is 13.2. The van der Waals surface area contributed by atoms with Crippen molar-refractivity contribution in [2.24, 2.45) is 0 Å². The molecule has 1 unspecified atom stereocenters. The van der Waals surface area contributed by atoms with Gasteiger partial charge < -0.3 is 49.4 Å². The van der Waals surface area contributed by atoms with Crippen molar-refractivity contribution >= 4 is 29.6 Å². The predicted octanol–water partition coefficient (Wildman–Crippen LogP) is 9.63. The Morgan fingerprint density at radius 1 is 0.552 bits per heavy atom. The number of carbonyl (C=O) groups is 3. The molecule has 13 nitrogen and oxygen atoms in total. The van der Waals surface area contributed by atoms with E-state index in [-0.39, 0.29) is 32.8 Å². The van der Waals surface area contributed by atoms with E-state index in [1.165, 1.54) is 140 Å². The summed E-state index contributed by atoms with van der Waals surface area (Å²) in [5.41, 5.74) is 0. The van der Waals surface area contributed by atoms with Gasteiger partial charge in [0.1, 0.15) is 42.4 Å². The summed E-state index contributed by atoms with van der Waals surface area (Å²) in [6.45, 7) is 4.82. The van der Waals surface area contributed by atoms with Crippen molar-refractivity contribution in [2.45, 2.75) is 236 Å². The normalized spacial score (nSPS) is 19.0. The van der Waals surface area contributed by atoms with Crippen LogP contribution in [0.15, 0.2) is 24.3 Å². The van der Waals surface area contributed by atoms with E-state index in [0.29, 0.717) is 25.6 Å². The maximum Gasteiger partial charge on any atom is 0.319 e. The lowest BCUT2D eigenvalue weighted by atomic mass is 9.95. The van der Waals surface area contributed by atoms with Crippen LogP contribution in [0.2, 0.25) is 0 Å². The van der Waals surface area contributed by atoms with E-state index in [2.05, 4.69) is 43.5 Å². The first-order valence-electron chi connectivity index (χ1n) is 26.7. The number of rotatable bonds is 47. The van der Waals surface area contributed by atoms with Gasteiger partial charge in [-0.25, -0.2) is 0 Å². The lowest BCUT2D eigenvalue weighted by Gasteiger charge is -2.40. The van der Waals surface area contributed by atoms with Gasteiger partial charge >= 0.3 is 11.9 Å². The molecule has 0 aromatic heterocycles. The molecule has 5 N–H and O–H groups in total. The second-order valence-corrected chi connectivity index (χ2v) is 19.5. The van der Waals surface area contributed by atoms with E-state index in [0.717, 1.165) is 51.4 Å². The van der Waals surface area contributed by atoms with Gasteiger partial charge in [0.05, 0.1) is 46.1 Å². The molecule has 67 heavy (non-hydrogen) atoms. The summed E-state index contributed by atoms with van der Waals surface area (Å²) in [5, 5.41) is 41.2. The van der Waals surface area contributed by atoms with Gasteiger partial charge in [-0.2, -0.15) is 0 Å². The van der Waals surface area contributed by atoms with Gasteiger partial charge in [0, 0.05) is 12.3 Å². The summed E-state index contributed by atoms with van der Waals surface area (Å²) in [5.74, 6) is -0.857. The number of hydrogen-bond donors (Lipinski definition) is 5. The van der Waals surface area contributed by atoms with E-state index in [1.54, 1.807) is 0 Å². The number of carbonyl (C=O) groups excluding carboxylic acids is 3. The Labute approximate surface area is 410 Å². The molecule has 6 atom stereocenters. The fraction of sp³-hybridized carbons (Fsp3) is 0.868. The molecule has 0 bridgehead atoms. The van der Waals surface area contributed by atoms with Crippen LogP contribution in [0.1, 0.15) is 200 Å². The highest BCUT2D eigenvalue weighted by Crippen LogP contribution is 2.21. The van der Waals surface area contributed by atoms with Gasteiger partial charge in [0.25, 0.3) is 0 Å². The SMILES string of the molecule is CCCCCCCC/C=C\CCCCCCCCOC(=O)CC(SCCOCCOCC(=O)NC[C@@H]1O[C@H](CO)[C@H](O)[C@H](O)[C@H]1O)C(=O)OCCCCCCCC/C=C\CCCCCCCC. The number of nitrogens with one attached hydrogen (secondary N) is 1. The molecular weight excluding hydrogens is 875 g/mol. The summed E-state index contributed by atoms with van der Waals surface area (Å²) in [6, 6.07) is 0. The number of amides is 1. The van der Waals surface area contributed by atoms with Crippen molar-refractivity contribution in [3.63, 3.8) is 0 Å². The number of aliphatic hydroxyl groups excluding tert-OH is 4. The Balaban J connectivity index is 2.32. The minimum Gasteiger partial charge on any atom is -0.466 e. The monoisotopic (exact) mass is 972 g/mol. The predicted molar refractivity (Wildman–Crippen MR) is 270 cm³/mol. The van der Waals surface area contributed by atoms with Gasteiger partial charge in [-0.05, 0) is 64.2 Å². The first-order chi connectivity index (χ1) is 32.7. The van der Waals surface area contributed by atoms with Crippen LogP contribution in [-0.4, -0.2) is 133 Å². The van der Waals surface area contributed by atoms with E-state index in [1.807, 2.05) is 0 Å². The van der Waals surface area contributed by atoms with Gasteiger partial charge in [-0.3, -0.25) is 14.4 Å². The van der Waals surface area contributed by atoms with Crippen LogP contribution in [0.25, 0.3) is 0 Å². The number of aliphatic hydroxyl groups is 4. The lowest BCUT2D eigenvalue weighted by molar-refractivity contribution is -0.227. The topological polar surface area (TPSA) is 190 Å². The van der Waals surface area contributed by atoms with Crippen LogP contribution >= 0.6 is 11.8 Å². The highest BCUT2D eigenvalue weighted by Gasteiger charge is 2.43. The molecule has 1 fully saturated rings. The van der Waals surface area contributed by atoms with Gasteiger partial charge in [0.2, 0.25) is 5.91 Å². The fourth-order valence-electron chi connectivity index (χ4n) is 7.82. The molecule has 392 valence electrons. The van der Waals surface area contributed by atoms with Crippen LogP contribution < -0.4 is 5.32 Å². The molecule has 1 aliphatic heterocycles. The molecule has 0 aromatic rings. The smallest absolute Gasteiger partial charge is 0.319 e. The number of hydrogen-bond acceptors (Lipinski definition) is 13. The van der Waals surface area contributed by atoms with Gasteiger partial charge in [-0.1, -0.05) is 154 Å². The number of unbranched alkanes of at least 4 members (excludes halogenated alkanes) is 24. The quantitative estimate of drug-likeness (QED) is 0.0220. The number of allylic oxidation sites excluding steroid dienone is 4. The van der Waals surface area contributed by atoms with Crippen molar-refractivity contribution in [3.8, 4) is 0 Å². The standard InChI is InChI=1S/C53H97NO12S/c1-3-5-7-9-11-13-15-17-19-21-23-25-27-29-31-33-35-64-49(57)41-47(53(61)65-36-34-32-30-28-26-24-22-20-18-16-14-12-10-8-6-4-2)67-40-39-62-37-38-63-44-48(56)54-42-45-50(58)52(60)51(59)46(43-55)66-45/h17-20,45-47,50-52,55,58-60H,3-16,21-44H2,1-2H3,(H,54,56)/b19-17-,20-18-/t45-,46+,47?,50-,51-,52+/m0/s1. The molecule has 0 spiro atoms. The zero-order valence-corrected chi connectivity index (χ0v) is 42.9. The van der Waals surface area contributed by atoms with Crippen LogP contribution in [0, 0.1) is 0 Å². The van der Waals surface area contributed by atoms with Gasteiger partial charge in [-0.15, -0.1) is 11.8 Å². The minimum atomic E-state index is -1.52. The maximum absolute atomic E-state index is 13.2. The molecule has 1 amide bonds. The Morgan fingerprint density at radius 2 is 1.00 bits per heavy atom. The van der Waals surface area contributed by atoms with Crippen LogP contribution in [0.5, 0.6) is 0 Å². The largest absolute Gasteiger partial charge is 0.466 e. The van der Waals surface area contributed by atoms with E-state index in [9.17, 15) is 34.8 Å². The van der Waals surface area contributed by atoms with Gasteiger partial charge in [0.15, 0.2) is 0 Å². The lowest BCUT2D eigenvalue weighted by Crippen LogP contribution is -2.60. The van der Waals surface area contributed by atoms with Crippen molar-refractivity contribution in [3.05, 3.63) is 24.3 Å². The Kier molecular flexibility index (Phi) is 43.6. The van der Waals surface area contributed by atoms with Crippen LogP contribution in [0.4, 0.5) is 0 Å². The molecule has 0 aromatic carbocycles. The third kappa shape index (κ3) is 36.6. The first kappa shape index (κ1) is 63.0. The Hall–Kier alpha value is -2.04. The zero-order chi connectivity index (χ0) is 48.8. The molecule has 1 rings (SSSR count). The molecule has 1 heterocycles. The summed E-state index contributed by atoms with van der Waals surface area (Å²) < 4.78 is 27.6. The van der Waals surface area contributed by atoms with Crippen molar-refractivity contribution in [1.29, 1.82) is 0 Å². The summed E-state index contributed by atoms with van der Waals surface area (Å²) in [6.07, 6.45) is 36.5. The average molecular weight is 972 g/mol. The van der Waals surface area contributed by atoms with E-state index < -0.39 is 60.2 Å². The Morgan fingerprint density at radius 3 is 1.51 bits per heavy atom. The molecule has 14 heteroatoms. The highest BCUT2D eigenvalue weighted by molar-refractivity contribution is 8.00. The highest BCUT2D eigenvalue weighted by atomic mass is 32.2. The molecular formula is C53H97NO12S.